The molecule has 2 rings (SSSR count). The minimum absolute atomic E-state index is 0.0352. The van der Waals surface area contributed by atoms with Gasteiger partial charge in [0.1, 0.15) is 17.3 Å². The molecule has 0 aliphatic heterocycles. The molecule has 1 aromatic carbocycles. The van der Waals surface area contributed by atoms with Crippen LogP contribution in [0.25, 0.3) is 0 Å². The summed E-state index contributed by atoms with van der Waals surface area (Å²) >= 11 is 0. The van der Waals surface area contributed by atoms with Crippen molar-refractivity contribution in [1.82, 2.24) is 15.3 Å². The Hall–Kier alpha value is -2.63. The van der Waals surface area contributed by atoms with Crippen molar-refractivity contribution in [3.05, 3.63) is 41.9 Å². The number of aromatic nitrogens is 2. The van der Waals surface area contributed by atoms with Crippen molar-refractivity contribution < 1.29 is 14.3 Å². The summed E-state index contributed by atoms with van der Waals surface area (Å²) in [5, 5.41) is 2.50. The van der Waals surface area contributed by atoms with Gasteiger partial charge >= 0.3 is 0 Å². The number of carbonyl (C=O) groups excluding carboxylic acids is 1. The average Bonchev–Trinajstić information content (AvgIpc) is 2.52. The van der Waals surface area contributed by atoms with Crippen LogP contribution in [-0.2, 0) is 11.2 Å². The van der Waals surface area contributed by atoms with Crippen LogP contribution in [0.2, 0.25) is 0 Å². The third-order valence-corrected chi connectivity index (χ3v) is 2.91. The van der Waals surface area contributed by atoms with E-state index in [2.05, 4.69) is 15.3 Å². The second-order valence-corrected chi connectivity index (χ2v) is 4.64. The summed E-state index contributed by atoms with van der Waals surface area (Å²) in [6, 6.07) is 8.88. The predicted molar refractivity (Wildman–Crippen MR) is 82.2 cm³/mol. The number of hydrogen-bond acceptors (Lipinski definition) is 5. The predicted octanol–water partition coefficient (Wildman–Crippen LogP) is 2.26. The molecule has 2 aromatic rings. The summed E-state index contributed by atoms with van der Waals surface area (Å²) in [6.45, 7) is 3.82. The van der Waals surface area contributed by atoms with Crippen LogP contribution in [0.15, 0.2) is 30.3 Å². The van der Waals surface area contributed by atoms with Gasteiger partial charge in [0.25, 0.3) is 5.91 Å². The van der Waals surface area contributed by atoms with Crippen molar-refractivity contribution in [3.63, 3.8) is 0 Å². The molecule has 0 saturated carbocycles. The molecule has 0 radical (unpaired) electrons. The number of benzene rings is 1. The van der Waals surface area contributed by atoms with Crippen molar-refractivity contribution in [1.29, 1.82) is 0 Å². The molecule has 0 atom stereocenters. The second kappa shape index (κ2) is 7.40. The van der Waals surface area contributed by atoms with E-state index in [1.807, 2.05) is 19.9 Å². The number of ether oxygens (including phenoxy) is 2. The number of nitrogens with zero attached hydrogens (tertiary/aromatic N) is 2. The number of likely N-dealkylation sites (N-methyl/N-ethyl adjacent to an activating group) is 1. The van der Waals surface area contributed by atoms with Gasteiger partial charge in [0.05, 0.1) is 0 Å². The molecular weight excluding hydrogens is 282 g/mol. The van der Waals surface area contributed by atoms with Crippen LogP contribution in [0.5, 0.6) is 17.4 Å². The van der Waals surface area contributed by atoms with Gasteiger partial charge in [-0.25, -0.2) is 4.98 Å². The van der Waals surface area contributed by atoms with Crippen molar-refractivity contribution in [3.8, 4) is 17.4 Å². The Labute approximate surface area is 129 Å². The van der Waals surface area contributed by atoms with E-state index in [1.54, 1.807) is 31.3 Å². The van der Waals surface area contributed by atoms with Crippen LogP contribution < -0.4 is 14.8 Å². The highest BCUT2D eigenvalue weighted by Crippen LogP contribution is 2.24. The molecule has 0 aliphatic rings. The van der Waals surface area contributed by atoms with Crippen LogP contribution in [0.4, 0.5) is 0 Å². The standard InChI is InChI=1S/C16H19N3O3/c1-4-12-8-16(19-11(2)18-12)22-14-7-5-6-13(9-14)21-10-15(20)17-3/h5-9H,4,10H2,1-3H3,(H,17,20). The molecule has 1 heterocycles. The highest BCUT2D eigenvalue weighted by atomic mass is 16.5. The maximum absolute atomic E-state index is 11.2. The second-order valence-electron chi connectivity index (χ2n) is 4.64. The van der Waals surface area contributed by atoms with Gasteiger partial charge < -0.3 is 14.8 Å². The van der Waals surface area contributed by atoms with Crippen molar-refractivity contribution >= 4 is 5.91 Å². The lowest BCUT2D eigenvalue weighted by Crippen LogP contribution is -2.24. The Morgan fingerprint density at radius 1 is 1.23 bits per heavy atom. The van der Waals surface area contributed by atoms with E-state index in [0.29, 0.717) is 23.2 Å². The van der Waals surface area contributed by atoms with Gasteiger partial charge in [-0.05, 0) is 25.5 Å². The molecule has 0 fully saturated rings. The fraction of sp³-hybridized carbons (Fsp3) is 0.312. The lowest BCUT2D eigenvalue weighted by atomic mass is 10.3. The van der Waals surface area contributed by atoms with Crippen molar-refractivity contribution in [2.24, 2.45) is 0 Å². The zero-order valence-corrected chi connectivity index (χ0v) is 12.9. The van der Waals surface area contributed by atoms with Gasteiger partial charge in [-0.15, -0.1) is 0 Å². The summed E-state index contributed by atoms with van der Waals surface area (Å²) < 4.78 is 11.1. The molecule has 1 aromatic heterocycles. The van der Waals surface area contributed by atoms with E-state index in [-0.39, 0.29) is 12.5 Å². The minimum atomic E-state index is -0.190. The highest BCUT2D eigenvalue weighted by molar-refractivity contribution is 5.77. The Balaban J connectivity index is 2.10. The number of rotatable bonds is 6. The molecule has 1 amide bonds. The summed E-state index contributed by atoms with van der Waals surface area (Å²) in [7, 11) is 1.56. The first-order valence-electron chi connectivity index (χ1n) is 7.06. The quantitative estimate of drug-likeness (QED) is 0.886. The third kappa shape index (κ3) is 4.44. The molecule has 0 saturated heterocycles. The van der Waals surface area contributed by atoms with E-state index >= 15 is 0 Å². The Kier molecular flexibility index (Phi) is 5.30. The fourth-order valence-corrected chi connectivity index (χ4v) is 1.80. The molecule has 22 heavy (non-hydrogen) atoms. The summed E-state index contributed by atoms with van der Waals surface area (Å²) in [5.41, 5.74) is 0.925. The summed E-state index contributed by atoms with van der Waals surface area (Å²) in [6.07, 6.45) is 0.814. The SMILES string of the molecule is CCc1cc(Oc2cccc(OCC(=O)NC)c2)nc(C)n1. The first kappa shape index (κ1) is 15.8. The molecule has 0 aliphatic carbocycles. The van der Waals surface area contributed by atoms with E-state index in [1.165, 1.54) is 0 Å². The van der Waals surface area contributed by atoms with Crippen LogP contribution in [0, 0.1) is 6.92 Å². The largest absolute Gasteiger partial charge is 0.484 e. The summed E-state index contributed by atoms with van der Waals surface area (Å²) in [5.74, 6) is 2.12. The molecule has 6 nitrogen and oxygen atoms in total. The smallest absolute Gasteiger partial charge is 0.257 e. The van der Waals surface area contributed by atoms with Crippen molar-refractivity contribution in [2.45, 2.75) is 20.3 Å². The monoisotopic (exact) mass is 301 g/mol. The van der Waals surface area contributed by atoms with E-state index < -0.39 is 0 Å². The average molecular weight is 301 g/mol. The van der Waals surface area contributed by atoms with Crippen LogP contribution in [0.3, 0.4) is 0 Å². The van der Waals surface area contributed by atoms with Gasteiger partial charge in [-0.3, -0.25) is 4.79 Å². The Morgan fingerprint density at radius 3 is 2.73 bits per heavy atom. The lowest BCUT2D eigenvalue weighted by Gasteiger charge is -2.09. The van der Waals surface area contributed by atoms with E-state index in [9.17, 15) is 4.79 Å². The number of nitrogens with one attached hydrogen (secondary N) is 1. The maximum atomic E-state index is 11.2. The summed E-state index contributed by atoms with van der Waals surface area (Å²) in [4.78, 5) is 19.8. The number of hydrogen-bond donors (Lipinski definition) is 1. The Bertz CT molecular complexity index is 659. The molecule has 6 heteroatoms. The zero-order chi connectivity index (χ0) is 15.9. The van der Waals surface area contributed by atoms with Crippen LogP contribution in [-0.4, -0.2) is 29.5 Å². The normalized spacial score (nSPS) is 10.1. The topological polar surface area (TPSA) is 73.3 Å². The van der Waals surface area contributed by atoms with Crippen molar-refractivity contribution in [2.75, 3.05) is 13.7 Å². The number of carbonyl (C=O) groups is 1. The van der Waals surface area contributed by atoms with Gasteiger partial charge in [0.2, 0.25) is 5.88 Å². The highest BCUT2D eigenvalue weighted by Gasteiger charge is 2.05. The number of aryl methyl sites for hydroxylation is 2. The first-order chi connectivity index (χ1) is 10.6. The number of amides is 1. The van der Waals surface area contributed by atoms with Gasteiger partial charge in [-0.1, -0.05) is 13.0 Å². The lowest BCUT2D eigenvalue weighted by molar-refractivity contribution is -0.122. The van der Waals surface area contributed by atoms with Gasteiger partial charge in [0.15, 0.2) is 6.61 Å². The van der Waals surface area contributed by atoms with Crippen LogP contribution in [0.1, 0.15) is 18.4 Å². The molecular formula is C16H19N3O3. The molecule has 0 spiro atoms. The Morgan fingerprint density at radius 2 is 2.00 bits per heavy atom. The van der Waals surface area contributed by atoms with E-state index in [4.69, 9.17) is 9.47 Å². The molecule has 0 unspecified atom stereocenters. The van der Waals surface area contributed by atoms with Gasteiger partial charge in [0, 0.05) is 24.9 Å². The molecule has 1 N–H and O–H groups in total. The maximum Gasteiger partial charge on any atom is 0.257 e. The fourth-order valence-electron chi connectivity index (χ4n) is 1.80. The molecule has 0 bridgehead atoms. The molecule has 116 valence electrons. The zero-order valence-electron chi connectivity index (χ0n) is 12.9. The first-order valence-corrected chi connectivity index (χ1v) is 7.06. The van der Waals surface area contributed by atoms with E-state index in [0.717, 1.165) is 12.1 Å². The van der Waals surface area contributed by atoms with Gasteiger partial charge in [-0.2, -0.15) is 4.98 Å². The van der Waals surface area contributed by atoms with Crippen LogP contribution >= 0.6 is 0 Å². The minimum Gasteiger partial charge on any atom is -0.484 e. The third-order valence-electron chi connectivity index (χ3n) is 2.91.